The summed E-state index contributed by atoms with van der Waals surface area (Å²) in [6.45, 7) is 12.9. The van der Waals surface area contributed by atoms with Crippen molar-refractivity contribution in [2.45, 2.75) is 53.3 Å². The summed E-state index contributed by atoms with van der Waals surface area (Å²) in [6, 6.07) is 2.03. The molecule has 0 aliphatic rings. The summed E-state index contributed by atoms with van der Waals surface area (Å²) in [6.07, 6.45) is 10.0. The highest BCUT2D eigenvalue weighted by atomic mass is 16.5. The van der Waals surface area contributed by atoms with Crippen molar-refractivity contribution in [3.63, 3.8) is 0 Å². The number of hydrogen-bond acceptors (Lipinski definition) is 6. The molecule has 0 saturated heterocycles. The van der Waals surface area contributed by atoms with E-state index in [0.29, 0.717) is 23.5 Å². The summed E-state index contributed by atoms with van der Waals surface area (Å²) in [5.74, 6) is 1.20. The molecule has 0 spiro atoms. The number of allylic oxidation sites excluding steroid dienone is 1. The molecule has 0 unspecified atom stereocenters. The van der Waals surface area contributed by atoms with Gasteiger partial charge in [-0.2, -0.15) is 10.1 Å². The van der Waals surface area contributed by atoms with E-state index < -0.39 is 0 Å². The number of ether oxygens (including phenoxy) is 1. The van der Waals surface area contributed by atoms with Gasteiger partial charge in [0, 0.05) is 30.5 Å². The standard InChI is InChI=1S/C22H30N6O2/c1-6-7-18(15(2)3)12-27-9-8-17-10-23-22(26-21(17)27)25-19-11-24-28(13-19)14-20(29)30-16(4)5/h6,8-11,13,15-16,18H,1,7,12,14H2,2-5H3,(H,23,25,26)/t18-/m1/s1. The quantitative estimate of drug-likeness (QED) is 0.399. The van der Waals surface area contributed by atoms with Gasteiger partial charge in [-0.1, -0.05) is 19.9 Å². The van der Waals surface area contributed by atoms with E-state index in [-0.39, 0.29) is 18.6 Å². The third kappa shape index (κ3) is 5.46. The second-order valence-electron chi connectivity index (χ2n) is 8.06. The molecule has 0 aliphatic carbocycles. The molecule has 30 heavy (non-hydrogen) atoms. The number of hydrogen-bond donors (Lipinski definition) is 1. The molecule has 160 valence electrons. The van der Waals surface area contributed by atoms with Crippen LogP contribution in [0.5, 0.6) is 0 Å². The minimum Gasteiger partial charge on any atom is -0.462 e. The van der Waals surface area contributed by atoms with Crippen molar-refractivity contribution in [1.82, 2.24) is 24.3 Å². The summed E-state index contributed by atoms with van der Waals surface area (Å²) >= 11 is 0. The van der Waals surface area contributed by atoms with Crippen LogP contribution in [0.25, 0.3) is 11.0 Å². The van der Waals surface area contributed by atoms with E-state index in [1.54, 1.807) is 12.4 Å². The number of nitrogens with zero attached hydrogens (tertiary/aromatic N) is 5. The number of esters is 1. The van der Waals surface area contributed by atoms with E-state index in [0.717, 1.165) is 24.0 Å². The molecule has 1 N–H and O–H groups in total. The van der Waals surface area contributed by atoms with E-state index in [9.17, 15) is 4.79 Å². The van der Waals surface area contributed by atoms with Gasteiger partial charge in [0.1, 0.15) is 12.2 Å². The second-order valence-corrected chi connectivity index (χ2v) is 8.06. The van der Waals surface area contributed by atoms with Crippen LogP contribution in [0.15, 0.2) is 43.5 Å². The second kappa shape index (κ2) is 9.56. The Balaban J connectivity index is 1.73. The number of carbonyl (C=O) groups is 1. The molecule has 0 radical (unpaired) electrons. The van der Waals surface area contributed by atoms with Crippen LogP contribution in [0.3, 0.4) is 0 Å². The van der Waals surface area contributed by atoms with Gasteiger partial charge in [-0.25, -0.2) is 4.98 Å². The number of aromatic nitrogens is 5. The molecule has 0 amide bonds. The molecular weight excluding hydrogens is 380 g/mol. The fraction of sp³-hybridized carbons (Fsp3) is 0.455. The molecule has 0 saturated carbocycles. The first-order valence-corrected chi connectivity index (χ1v) is 10.3. The zero-order valence-corrected chi connectivity index (χ0v) is 18.1. The number of anilines is 2. The Kier molecular flexibility index (Phi) is 6.87. The Morgan fingerprint density at radius 2 is 2.10 bits per heavy atom. The number of nitrogens with one attached hydrogen (secondary N) is 1. The molecule has 3 aromatic heterocycles. The Labute approximate surface area is 177 Å². The monoisotopic (exact) mass is 410 g/mol. The average molecular weight is 411 g/mol. The number of fused-ring (bicyclic) bond motifs is 1. The lowest BCUT2D eigenvalue weighted by molar-refractivity contribution is -0.148. The maximum atomic E-state index is 11.8. The van der Waals surface area contributed by atoms with Crippen molar-refractivity contribution in [2.24, 2.45) is 11.8 Å². The fourth-order valence-corrected chi connectivity index (χ4v) is 3.28. The SMILES string of the molecule is C=CC[C@H](Cn1ccc2cnc(Nc3cnn(CC(=O)OC(C)C)c3)nc21)C(C)C. The molecule has 0 aromatic carbocycles. The highest BCUT2D eigenvalue weighted by Crippen LogP contribution is 2.22. The van der Waals surface area contributed by atoms with E-state index in [1.165, 1.54) is 4.68 Å². The van der Waals surface area contributed by atoms with Gasteiger partial charge in [0.2, 0.25) is 5.95 Å². The van der Waals surface area contributed by atoms with Crippen LogP contribution in [0.2, 0.25) is 0 Å². The Morgan fingerprint density at radius 1 is 1.30 bits per heavy atom. The van der Waals surface area contributed by atoms with Crippen molar-refractivity contribution in [3.05, 3.63) is 43.5 Å². The summed E-state index contributed by atoms with van der Waals surface area (Å²) in [4.78, 5) is 20.9. The highest BCUT2D eigenvalue weighted by Gasteiger charge is 2.15. The first-order valence-electron chi connectivity index (χ1n) is 10.3. The van der Waals surface area contributed by atoms with Gasteiger partial charge in [0.05, 0.1) is 18.0 Å². The van der Waals surface area contributed by atoms with E-state index in [2.05, 4.69) is 46.6 Å². The van der Waals surface area contributed by atoms with Gasteiger partial charge in [-0.15, -0.1) is 6.58 Å². The lowest BCUT2D eigenvalue weighted by Crippen LogP contribution is -2.17. The third-order valence-electron chi connectivity index (χ3n) is 4.89. The van der Waals surface area contributed by atoms with Gasteiger partial charge in [0.15, 0.2) is 0 Å². The van der Waals surface area contributed by atoms with Gasteiger partial charge < -0.3 is 14.6 Å². The predicted octanol–water partition coefficient (Wildman–Crippen LogP) is 4.17. The smallest absolute Gasteiger partial charge is 0.328 e. The first-order chi connectivity index (χ1) is 14.4. The fourth-order valence-electron chi connectivity index (χ4n) is 3.28. The Morgan fingerprint density at radius 3 is 2.80 bits per heavy atom. The summed E-state index contributed by atoms with van der Waals surface area (Å²) in [5, 5.41) is 8.35. The van der Waals surface area contributed by atoms with Crippen molar-refractivity contribution in [2.75, 3.05) is 5.32 Å². The van der Waals surface area contributed by atoms with Gasteiger partial charge >= 0.3 is 5.97 Å². The normalized spacial score (nSPS) is 12.5. The molecule has 3 aromatic rings. The topological polar surface area (TPSA) is 86.9 Å². The van der Waals surface area contributed by atoms with Crippen LogP contribution in [0.4, 0.5) is 11.6 Å². The zero-order chi connectivity index (χ0) is 21.7. The van der Waals surface area contributed by atoms with Crippen LogP contribution in [-0.4, -0.2) is 36.4 Å². The highest BCUT2D eigenvalue weighted by molar-refractivity contribution is 5.76. The number of carbonyl (C=O) groups excluding carboxylic acids is 1. The van der Waals surface area contributed by atoms with Crippen molar-refractivity contribution in [1.29, 1.82) is 0 Å². The van der Waals surface area contributed by atoms with E-state index >= 15 is 0 Å². The van der Waals surface area contributed by atoms with Gasteiger partial charge in [0.25, 0.3) is 0 Å². The molecule has 1 atom stereocenters. The summed E-state index contributed by atoms with van der Waals surface area (Å²) in [7, 11) is 0. The number of rotatable bonds is 10. The van der Waals surface area contributed by atoms with E-state index in [1.807, 2.05) is 32.2 Å². The molecular formula is C22H30N6O2. The van der Waals surface area contributed by atoms with Gasteiger partial charge in [-0.3, -0.25) is 9.48 Å². The molecule has 3 heterocycles. The van der Waals surface area contributed by atoms with E-state index in [4.69, 9.17) is 9.72 Å². The first kappa shape index (κ1) is 21.5. The van der Waals surface area contributed by atoms with Crippen molar-refractivity contribution < 1.29 is 9.53 Å². The Bertz CT molecular complexity index is 1000. The molecule has 0 aliphatic heterocycles. The maximum absolute atomic E-state index is 11.8. The molecule has 3 rings (SSSR count). The van der Waals surface area contributed by atoms with Crippen LogP contribution >= 0.6 is 0 Å². The van der Waals surface area contributed by atoms with Crippen LogP contribution in [-0.2, 0) is 22.6 Å². The molecule has 0 bridgehead atoms. The summed E-state index contributed by atoms with van der Waals surface area (Å²) in [5.41, 5.74) is 1.59. The van der Waals surface area contributed by atoms with Crippen molar-refractivity contribution in [3.8, 4) is 0 Å². The molecule has 8 heteroatoms. The van der Waals surface area contributed by atoms with Gasteiger partial charge in [-0.05, 0) is 38.2 Å². The summed E-state index contributed by atoms with van der Waals surface area (Å²) < 4.78 is 8.84. The zero-order valence-electron chi connectivity index (χ0n) is 18.1. The van der Waals surface area contributed by atoms with Crippen LogP contribution < -0.4 is 5.32 Å². The molecule has 0 fully saturated rings. The largest absolute Gasteiger partial charge is 0.462 e. The maximum Gasteiger partial charge on any atom is 0.328 e. The van der Waals surface area contributed by atoms with Crippen LogP contribution in [0, 0.1) is 11.8 Å². The van der Waals surface area contributed by atoms with Crippen LogP contribution in [0.1, 0.15) is 34.1 Å². The van der Waals surface area contributed by atoms with Crippen molar-refractivity contribution >= 4 is 28.6 Å². The third-order valence-corrected chi connectivity index (χ3v) is 4.89. The average Bonchev–Trinajstić information content (AvgIpc) is 3.27. The Hall–Kier alpha value is -3.16. The minimum absolute atomic E-state index is 0.0580. The lowest BCUT2D eigenvalue weighted by Gasteiger charge is -2.20. The molecule has 8 nitrogen and oxygen atoms in total. The lowest BCUT2D eigenvalue weighted by atomic mass is 9.92. The predicted molar refractivity (Wildman–Crippen MR) is 117 cm³/mol. The minimum atomic E-state index is -0.325.